The Labute approximate surface area is 107 Å². The van der Waals surface area contributed by atoms with Crippen LogP contribution in [0.5, 0.6) is 0 Å². The van der Waals surface area contributed by atoms with Gasteiger partial charge in [0.1, 0.15) is 12.7 Å². The van der Waals surface area contributed by atoms with Gasteiger partial charge in [0.2, 0.25) is 11.8 Å². The predicted molar refractivity (Wildman–Crippen MR) is 63.9 cm³/mol. The van der Waals surface area contributed by atoms with Crippen LogP contribution in [0.2, 0.25) is 0 Å². The van der Waals surface area contributed by atoms with Gasteiger partial charge in [-0.3, -0.25) is 9.59 Å². The second-order valence-corrected chi connectivity index (χ2v) is 4.83. The van der Waals surface area contributed by atoms with Gasteiger partial charge in [0.15, 0.2) is 0 Å². The van der Waals surface area contributed by atoms with Crippen LogP contribution in [0.3, 0.4) is 0 Å². The second-order valence-electron chi connectivity index (χ2n) is 4.83. The number of carbonyl (C=O) groups excluding carboxylic acids is 2. The van der Waals surface area contributed by atoms with E-state index in [1.807, 2.05) is 0 Å². The summed E-state index contributed by atoms with van der Waals surface area (Å²) >= 11 is 0. The van der Waals surface area contributed by atoms with Crippen LogP contribution in [-0.4, -0.2) is 62.8 Å². The van der Waals surface area contributed by atoms with Gasteiger partial charge >= 0.3 is 0 Å². The number of methoxy groups -OCH3 is 1. The minimum atomic E-state index is -0.359. The molecule has 0 radical (unpaired) electrons. The molecule has 0 aliphatic carbocycles. The maximum Gasteiger partial charge on any atom is 0.248 e. The highest BCUT2D eigenvalue weighted by Gasteiger charge is 2.42. The lowest BCUT2D eigenvalue weighted by molar-refractivity contribution is -0.141. The molecular weight excluding hydrogens is 236 g/mol. The molecule has 2 fully saturated rings. The fraction of sp³-hybridized carbons (Fsp3) is 0.833. The van der Waals surface area contributed by atoms with E-state index < -0.39 is 0 Å². The van der Waals surface area contributed by atoms with E-state index in [1.54, 1.807) is 11.9 Å². The number of amides is 2. The third-order valence-electron chi connectivity index (χ3n) is 3.71. The van der Waals surface area contributed by atoms with Crippen LogP contribution in [0.1, 0.15) is 12.8 Å². The zero-order valence-electron chi connectivity index (χ0n) is 10.8. The first kappa shape index (κ1) is 13.3. The monoisotopic (exact) mass is 256 g/mol. The van der Waals surface area contributed by atoms with Crippen LogP contribution in [0, 0.1) is 5.92 Å². The van der Waals surface area contributed by atoms with Gasteiger partial charge < -0.3 is 19.7 Å². The van der Waals surface area contributed by atoms with E-state index >= 15 is 0 Å². The summed E-state index contributed by atoms with van der Waals surface area (Å²) in [4.78, 5) is 25.0. The zero-order chi connectivity index (χ0) is 13.1. The Morgan fingerprint density at radius 3 is 2.94 bits per heavy atom. The summed E-state index contributed by atoms with van der Waals surface area (Å²) in [5, 5.41) is 2.61. The number of likely N-dealkylation sites (tertiary alicyclic amines) is 1. The van der Waals surface area contributed by atoms with Crippen molar-refractivity contribution in [2.45, 2.75) is 25.0 Å². The molecule has 0 saturated carbocycles. The van der Waals surface area contributed by atoms with E-state index in [9.17, 15) is 9.59 Å². The van der Waals surface area contributed by atoms with E-state index in [2.05, 4.69) is 5.32 Å². The van der Waals surface area contributed by atoms with Gasteiger partial charge in [0.25, 0.3) is 0 Å². The molecule has 0 unspecified atom stereocenters. The van der Waals surface area contributed by atoms with Crippen molar-refractivity contribution >= 4 is 11.8 Å². The summed E-state index contributed by atoms with van der Waals surface area (Å²) in [6.45, 7) is 1.41. The molecule has 2 rings (SSSR count). The van der Waals surface area contributed by atoms with Gasteiger partial charge in [-0.05, 0) is 18.8 Å². The highest BCUT2D eigenvalue weighted by Crippen LogP contribution is 2.33. The molecule has 2 aliphatic rings. The van der Waals surface area contributed by atoms with Gasteiger partial charge in [-0.1, -0.05) is 0 Å². The highest BCUT2D eigenvalue weighted by molar-refractivity contribution is 5.81. The largest absolute Gasteiger partial charge is 0.375 e. The van der Waals surface area contributed by atoms with Crippen molar-refractivity contribution in [3.8, 4) is 0 Å². The lowest BCUT2D eigenvalue weighted by Crippen LogP contribution is -2.46. The molecule has 0 bridgehead atoms. The zero-order valence-corrected chi connectivity index (χ0v) is 10.8. The molecule has 0 aromatic rings. The Hall–Kier alpha value is -1.14. The number of nitrogens with zero attached hydrogens (tertiary/aromatic N) is 1. The Kier molecular flexibility index (Phi) is 4.19. The molecule has 2 amide bonds. The summed E-state index contributed by atoms with van der Waals surface area (Å²) in [5.41, 5.74) is 0. The standard InChI is InChI=1S/C12H20N2O4/c1-13-12(16)9-5-8-3-4-14(6-10(8)18-9)11(15)7-17-2/h8-10H,3-7H2,1-2H3,(H,13,16)/t8-,9+,10-/m0/s1. The number of likely N-dealkylation sites (N-methyl/N-ethyl adjacent to an activating group) is 1. The second kappa shape index (κ2) is 5.67. The first-order chi connectivity index (χ1) is 8.65. The van der Waals surface area contributed by atoms with Gasteiger partial charge in [-0.25, -0.2) is 0 Å². The normalized spacial score (nSPS) is 31.0. The van der Waals surface area contributed by atoms with Crippen molar-refractivity contribution in [1.29, 1.82) is 0 Å². The van der Waals surface area contributed by atoms with Crippen molar-refractivity contribution < 1.29 is 19.1 Å². The molecule has 0 spiro atoms. The molecule has 1 N–H and O–H groups in total. The summed E-state index contributed by atoms with van der Waals surface area (Å²) in [6.07, 6.45) is 1.29. The average molecular weight is 256 g/mol. The first-order valence-electron chi connectivity index (χ1n) is 6.29. The SMILES string of the molecule is CNC(=O)[C@H]1C[C@@H]2CCN(C(=O)COC)C[C@@H]2O1. The number of carbonyl (C=O) groups is 2. The lowest BCUT2D eigenvalue weighted by Gasteiger charge is -2.33. The molecule has 0 aromatic carbocycles. The van der Waals surface area contributed by atoms with Crippen molar-refractivity contribution in [2.75, 3.05) is 33.9 Å². The van der Waals surface area contributed by atoms with Crippen molar-refractivity contribution in [2.24, 2.45) is 5.92 Å². The molecular formula is C12H20N2O4. The van der Waals surface area contributed by atoms with E-state index in [1.165, 1.54) is 7.11 Å². The van der Waals surface area contributed by atoms with Crippen LogP contribution in [-0.2, 0) is 19.1 Å². The summed E-state index contributed by atoms with van der Waals surface area (Å²) in [5.74, 6) is 0.306. The maximum atomic E-state index is 11.7. The van der Waals surface area contributed by atoms with Crippen LogP contribution < -0.4 is 5.32 Å². The van der Waals surface area contributed by atoms with Crippen molar-refractivity contribution in [3.05, 3.63) is 0 Å². The van der Waals surface area contributed by atoms with Gasteiger partial charge in [-0.15, -0.1) is 0 Å². The Morgan fingerprint density at radius 2 is 2.28 bits per heavy atom. The van der Waals surface area contributed by atoms with Crippen molar-refractivity contribution in [3.63, 3.8) is 0 Å². The van der Waals surface area contributed by atoms with E-state index in [0.717, 1.165) is 19.4 Å². The van der Waals surface area contributed by atoms with Crippen LogP contribution in [0.25, 0.3) is 0 Å². The molecule has 2 heterocycles. The maximum absolute atomic E-state index is 11.7. The summed E-state index contributed by atoms with van der Waals surface area (Å²) < 4.78 is 10.6. The summed E-state index contributed by atoms with van der Waals surface area (Å²) in [7, 11) is 3.13. The third kappa shape index (κ3) is 2.64. The topological polar surface area (TPSA) is 67.9 Å². The van der Waals surface area contributed by atoms with Crippen LogP contribution in [0.15, 0.2) is 0 Å². The molecule has 3 atom stereocenters. The molecule has 6 heteroatoms. The highest BCUT2D eigenvalue weighted by atomic mass is 16.5. The number of hydrogen-bond donors (Lipinski definition) is 1. The minimum absolute atomic E-state index is 0.0112. The first-order valence-corrected chi connectivity index (χ1v) is 6.29. The van der Waals surface area contributed by atoms with Crippen LogP contribution in [0.4, 0.5) is 0 Å². The van der Waals surface area contributed by atoms with Crippen molar-refractivity contribution in [1.82, 2.24) is 10.2 Å². The molecule has 2 aliphatic heterocycles. The number of ether oxygens (including phenoxy) is 2. The Morgan fingerprint density at radius 1 is 1.50 bits per heavy atom. The number of fused-ring (bicyclic) bond motifs is 1. The fourth-order valence-electron chi connectivity index (χ4n) is 2.70. The number of nitrogens with one attached hydrogen (secondary N) is 1. The predicted octanol–water partition coefficient (Wildman–Crippen LogP) is -0.615. The molecule has 102 valence electrons. The number of hydrogen-bond acceptors (Lipinski definition) is 4. The number of piperidine rings is 1. The number of rotatable bonds is 3. The van der Waals surface area contributed by atoms with Gasteiger partial charge in [-0.2, -0.15) is 0 Å². The molecule has 2 saturated heterocycles. The average Bonchev–Trinajstić information content (AvgIpc) is 2.80. The van der Waals surface area contributed by atoms with Gasteiger partial charge in [0.05, 0.1) is 6.10 Å². The Balaban J connectivity index is 1.91. The summed E-state index contributed by atoms with van der Waals surface area (Å²) in [6, 6.07) is 0. The molecule has 0 aromatic heterocycles. The fourth-order valence-corrected chi connectivity index (χ4v) is 2.70. The molecule has 6 nitrogen and oxygen atoms in total. The van der Waals surface area contributed by atoms with Gasteiger partial charge in [0, 0.05) is 27.2 Å². The lowest BCUT2D eigenvalue weighted by atomic mass is 9.91. The van der Waals surface area contributed by atoms with E-state index in [-0.39, 0.29) is 30.6 Å². The third-order valence-corrected chi connectivity index (χ3v) is 3.71. The minimum Gasteiger partial charge on any atom is -0.375 e. The van der Waals surface area contributed by atoms with E-state index in [4.69, 9.17) is 9.47 Å². The smallest absolute Gasteiger partial charge is 0.248 e. The van der Waals surface area contributed by atoms with E-state index in [0.29, 0.717) is 12.5 Å². The molecule has 18 heavy (non-hydrogen) atoms. The quantitative estimate of drug-likeness (QED) is 0.731. The Bertz CT molecular complexity index is 334. The van der Waals surface area contributed by atoms with Crippen LogP contribution >= 0.6 is 0 Å².